The Morgan fingerprint density at radius 3 is 2.70 bits per heavy atom. The lowest BCUT2D eigenvalue weighted by Gasteiger charge is -2.08. The minimum absolute atomic E-state index is 0.311. The topological polar surface area (TPSA) is 55.8 Å². The minimum atomic E-state index is -0.907. The van der Waals surface area contributed by atoms with E-state index in [-0.39, 0.29) is 0 Å². The molecule has 1 N–H and O–H groups in total. The monoisotopic (exact) mass is 290 g/mol. The van der Waals surface area contributed by atoms with Crippen molar-refractivity contribution >= 4 is 17.3 Å². The van der Waals surface area contributed by atoms with Gasteiger partial charge in [0, 0.05) is 16.2 Å². The Balaban J connectivity index is 1.93. The summed E-state index contributed by atoms with van der Waals surface area (Å²) in [6.07, 6.45) is 0. The molecule has 0 saturated heterocycles. The Labute approximate surface area is 120 Å². The van der Waals surface area contributed by atoms with Crippen molar-refractivity contribution in [3.63, 3.8) is 0 Å². The lowest BCUT2D eigenvalue weighted by atomic mass is 10.1. The summed E-state index contributed by atoms with van der Waals surface area (Å²) in [7, 11) is 0. The molecule has 3 rings (SSSR count). The van der Waals surface area contributed by atoms with Crippen molar-refractivity contribution in [3.05, 3.63) is 35.2 Å². The molecule has 1 atom stereocenters. The Morgan fingerprint density at radius 2 is 2.00 bits per heavy atom. The van der Waals surface area contributed by atoms with Crippen molar-refractivity contribution in [1.82, 2.24) is 0 Å². The summed E-state index contributed by atoms with van der Waals surface area (Å²) in [6, 6.07) is 7.39. The molecule has 0 saturated carbocycles. The van der Waals surface area contributed by atoms with Crippen LogP contribution in [0.15, 0.2) is 29.6 Å². The van der Waals surface area contributed by atoms with Gasteiger partial charge in [-0.3, -0.25) is 0 Å². The molecule has 5 heteroatoms. The van der Waals surface area contributed by atoms with E-state index in [9.17, 15) is 4.79 Å². The number of ether oxygens (including phenoxy) is 2. The number of benzene rings is 1. The first kappa shape index (κ1) is 13.0. The van der Waals surface area contributed by atoms with Crippen molar-refractivity contribution in [2.45, 2.75) is 6.92 Å². The molecule has 1 unspecified atom stereocenters. The van der Waals surface area contributed by atoms with Gasteiger partial charge < -0.3 is 14.6 Å². The van der Waals surface area contributed by atoms with Gasteiger partial charge in [0.05, 0.1) is 18.8 Å². The second-order valence-corrected chi connectivity index (χ2v) is 5.80. The van der Waals surface area contributed by atoms with Crippen LogP contribution in [0.4, 0.5) is 0 Å². The van der Waals surface area contributed by atoms with Gasteiger partial charge in [-0.2, -0.15) is 0 Å². The van der Waals surface area contributed by atoms with E-state index in [0.717, 1.165) is 21.9 Å². The molecule has 1 aromatic carbocycles. The van der Waals surface area contributed by atoms with Gasteiger partial charge in [-0.05, 0) is 29.8 Å². The highest BCUT2D eigenvalue weighted by Gasteiger charge is 2.16. The average molecular weight is 290 g/mol. The maximum Gasteiger partial charge on any atom is 0.336 e. The third-order valence-corrected chi connectivity index (χ3v) is 4.10. The van der Waals surface area contributed by atoms with Crippen LogP contribution < -0.4 is 9.47 Å². The molecule has 4 nitrogen and oxygen atoms in total. The molecule has 0 fully saturated rings. The molecule has 0 aliphatic carbocycles. The highest BCUT2D eigenvalue weighted by molar-refractivity contribution is 7.13. The van der Waals surface area contributed by atoms with Gasteiger partial charge in [0.25, 0.3) is 0 Å². The first-order chi connectivity index (χ1) is 9.63. The largest absolute Gasteiger partial charge is 0.489 e. The summed E-state index contributed by atoms with van der Waals surface area (Å²) < 4.78 is 11.4. The number of thiophene rings is 1. The summed E-state index contributed by atoms with van der Waals surface area (Å²) in [5.74, 6) is 0.909. The third kappa shape index (κ3) is 2.49. The molecule has 0 radical (unpaired) electrons. The summed E-state index contributed by atoms with van der Waals surface area (Å²) in [4.78, 5) is 11.8. The fourth-order valence-corrected chi connectivity index (χ4v) is 2.89. The highest BCUT2D eigenvalue weighted by Crippen LogP contribution is 2.36. The molecule has 104 valence electrons. The predicted octanol–water partition coefficient (Wildman–Crippen LogP) is 3.52. The second kappa shape index (κ2) is 5.17. The van der Waals surface area contributed by atoms with Gasteiger partial charge in [-0.25, -0.2) is 4.79 Å². The Morgan fingerprint density at radius 1 is 1.25 bits per heavy atom. The van der Waals surface area contributed by atoms with E-state index in [1.54, 1.807) is 11.4 Å². The van der Waals surface area contributed by atoms with Crippen LogP contribution in [0.2, 0.25) is 0 Å². The van der Waals surface area contributed by atoms with Crippen LogP contribution >= 0.6 is 11.3 Å². The van der Waals surface area contributed by atoms with E-state index in [1.807, 2.05) is 18.2 Å². The molecule has 1 aromatic heterocycles. The molecule has 1 aliphatic rings. The number of hydrogen-bond donors (Lipinski definition) is 1. The van der Waals surface area contributed by atoms with Crippen LogP contribution in [0, 0.1) is 5.92 Å². The van der Waals surface area contributed by atoms with Crippen molar-refractivity contribution in [2.75, 3.05) is 13.2 Å². The van der Waals surface area contributed by atoms with Crippen LogP contribution in [-0.4, -0.2) is 24.3 Å². The van der Waals surface area contributed by atoms with Crippen molar-refractivity contribution < 1.29 is 19.4 Å². The molecular weight excluding hydrogens is 276 g/mol. The fraction of sp³-hybridized carbons (Fsp3) is 0.267. The SMILES string of the molecule is CC1COc2ccc(-c3cc(C(=O)O)cs3)cc2OC1. The molecule has 1 aliphatic heterocycles. The highest BCUT2D eigenvalue weighted by atomic mass is 32.1. The molecule has 0 spiro atoms. The van der Waals surface area contributed by atoms with Gasteiger partial charge in [-0.1, -0.05) is 6.92 Å². The van der Waals surface area contributed by atoms with Crippen LogP contribution in [0.5, 0.6) is 11.5 Å². The first-order valence-corrected chi connectivity index (χ1v) is 7.23. The number of hydrogen-bond acceptors (Lipinski definition) is 4. The lowest BCUT2D eigenvalue weighted by molar-refractivity contribution is 0.0697. The van der Waals surface area contributed by atoms with Crippen LogP contribution in [0.25, 0.3) is 10.4 Å². The van der Waals surface area contributed by atoms with Crippen LogP contribution in [0.3, 0.4) is 0 Å². The second-order valence-electron chi connectivity index (χ2n) is 4.89. The zero-order valence-electron chi connectivity index (χ0n) is 11.0. The van der Waals surface area contributed by atoms with E-state index in [2.05, 4.69) is 6.92 Å². The zero-order chi connectivity index (χ0) is 14.1. The molecule has 2 heterocycles. The number of carboxylic acid groups (broad SMARTS) is 1. The van der Waals surface area contributed by atoms with Crippen LogP contribution in [-0.2, 0) is 0 Å². The van der Waals surface area contributed by atoms with E-state index in [4.69, 9.17) is 14.6 Å². The number of fused-ring (bicyclic) bond motifs is 1. The maximum atomic E-state index is 10.9. The minimum Gasteiger partial charge on any atom is -0.489 e. The molecule has 20 heavy (non-hydrogen) atoms. The summed E-state index contributed by atoms with van der Waals surface area (Å²) in [6.45, 7) is 3.35. The van der Waals surface area contributed by atoms with E-state index in [1.165, 1.54) is 11.3 Å². The van der Waals surface area contributed by atoms with E-state index >= 15 is 0 Å². The fourth-order valence-electron chi connectivity index (χ4n) is 2.01. The summed E-state index contributed by atoms with van der Waals surface area (Å²) in [5.41, 5.74) is 1.25. The van der Waals surface area contributed by atoms with Gasteiger partial charge in [-0.15, -0.1) is 11.3 Å². The molecule has 2 aromatic rings. The van der Waals surface area contributed by atoms with Crippen molar-refractivity contribution in [1.29, 1.82) is 0 Å². The predicted molar refractivity (Wildman–Crippen MR) is 76.9 cm³/mol. The first-order valence-electron chi connectivity index (χ1n) is 6.35. The third-order valence-electron chi connectivity index (χ3n) is 3.12. The van der Waals surface area contributed by atoms with Gasteiger partial charge >= 0.3 is 5.97 Å². The Kier molecular flexibility index (Phi) is 3.36. The molecular formula is C15H14O4S. The van der Waals surface area contributed by atoms with Gasteiger partial charge in [0.15, 0.2) is 11.5 Å². The zero-order valence-corrected chi connectivity index (χ0v) is 11.8. The maximum absolute atomic E-state index is 10.9. The number of carbonyl (C=O) groups is 1. The normalized spacial score (nSPS) is 17.6. The van der Waals surface area contributed by atoms with E-state index in [0.29, 0.717) is 24.7 Å². The number of carboxylic acids is 1. The quantitative estimate of drug-likeness (QED) is 0.919. The van der Waals surface area contributed by atoms with Gasteiger partial charge in [0.2, 0.25) is 0 Å². The number of rotatable bonds is 2. The van der Waals surface area contributed by atoms with Crippen LogP contribution in [0.1, 0.15) is 17.3 Å². The smallest absolute Gasteiger partial charge is 0.336 e. The summed E-state index contributed by atoms with van der Waals surface area (Å²) in [5, 5.41) is 10.6. The van der Waals surface area contributed by atoms with Gasteiger partial charge in [0.1, 0.15) is 0 Å². The average Bonchev–Trinajstić information content (AvgIpc) is 2.86. The Hall–Kier alpha value is -2.01. The number of aromatic carboxylic acids is 1. The summed E-state index contributed by atoms with van der Waals surface area (Å²) >= 11 is 1.41. The van der Waals surface area contributed by atoms with Crippen molar-refractivity contribution in [2.24, 2.45) is 5.92 Å². The Bertz CT molecular complexity index is 647. The van der Waals surface area contributed by atoms with E-state index < -0.39 is 5.97 Å². The lowest BCUT2D eigenvalue weighted by Crippen LogP contribution is -2.12. The molecule has 0 bridgehead atoms. The standard InChI is InChI=1S/C15H14O4S/c1-9-6-18-12-3-2-10(4-13(12)19-7-9)14-5-11(8-20-14)15(16)17/h2-5,8-9H,6-7H2,1H3,(H,16,17). The van der Waals surface area contributed by atoms with Crippen molar-refractivity contribution in [3.8, 4) is 21.9 Å². The molecule has 0 amide bonds.